The highest BCUT2D eigenvalue weighted by molar-refractivity contribution is 6.15. The molecule has 0 unspecified atom stereocenters. The van der Waals surface area contributed by atoms with Crippen LogP contribution < -0.4 is 0 Å². The summed E-state index contributed by atoms with van der Waals surface area (Å²) in [4.78, 5) is 12.2. The maximum absolute atomic E-state index is 12.5. The number of allylic oxidation sites excluding steroid dienone is 1. The van der Waals surface area contributed by atoms with Gasteiger partial charge in [0.1, 0.15) is 0 Å². The number of hydrogen-bond acceptors (Lipinski definition) is 1. The quantitative estimate of drug-likeness (QED) is 0.705. The molecule has 0 aromatic heterocycles. The predicted molar refractivity (Wildman–Crippen MR) is 73.9 cm³/mol. The van der Waals surface area contributed by atoms with Crippen molar-refractivity contribution in [2.45, 2.75) is 12.6 Å². The molecule has 3 rings (SSSR count). The van der Waals surface area contributed by atoms with Crippen molar-refractivity contribution < 1.29 is 18.0 Å². The zero-order valence-electron chi connectivity index (χ0n) is 10.9. The fourth-order valence-corrected chi connectivity index (χ4v) is 2.44. The highest BCUT2D eigenvalue weighted by Crippen LogP contribution is 2.30. The molecule has 106 valence electrons. The van der Waals surface area contributed by atoms with Crippen LogP contribution in [0.25, 0.3) is 6.08 Å². The number of ketones is 1. The second-order valence-corrected chi connectivity index (χ2v) is 4.95. The van der Waals surface area contributed by atoms with E-state index in [4.69, 9.17) is 0 Å². The van der Waals surface area contributed by atoms with Crippen molar-refractivity contribution >= 4 is 11.9 Å². The zero-order chi connectivity index (χ0) is 15.0. The smallest absolute Gasteiger partial charge is 0.289 e. The van der Waals surface area contributed by atoms with Gasteiger partial charge in [0, 0.05) is 17.6 Å². The third kappa shape index (κ3) is 2.61. The van der Waals surface area contributed by atoms with E-state index in [0.717, 1.165) is 17.7 Å². The molecule has 21 heavy (non-hydrogen) atoms. The Hall–Kier alpha value is -2.36. The summed E-state index contributed by atoms with van der Waals surface area (Å²) in [5, 5.41) is 0. The van der Waals surface area contributed by atoms with E-state index in [2.05, 4.69) is 0 Å². The monoisotopic (exact) mass is 288 g/mol. The van der Waals surface area contributed by atoms with Crippen molar-refractivity contribution in [3.05, 3.63) is 76.4 Å². The van der Waals surface area contributed by atoms with Crippen LogP contribution >= 0.6 is 0 Å². The second kappa shape index (κ2) is 4.88. The number of Topliss-reactive ketones (excluding diaryl/α,β-unsaturated/α-hetero) is 1. The zero-order valence-corrected chi connectivity index (χ0v) is 10.9. The molecular weight excluding hydrogens is 277 g/mol. The molecule has 0 N–H and O–H groups in total. The van der Waals surface area contributed by atoms with Gasteiger partial charge in [-0.3, -0.25) is 4.79 Å². The van der Waals surface area contributed by atoms with E-state index in [0.29, 0.717) is 23.1 Å². The molecule has 2 aromatic carbocycles. The van der Waals surface area contributed by atoms with Crippen molar-refractivity contribution in [3.8, 4) is 0 Å². The number of carbonyl (C=O) groups is 1. The van der Waals surface area contributed by atoms with E-state index < -0.39 is 11.7 Å². The van der Waals surface area contributed by atoms with Crippen molar-refractivity contribution in [2.24, 2.45) is 0 Å². The fraction of sp³-hybridized carbons (Fsp3) is 0.118. The minimum atomic E-state index is -4.34. The average molecular weight is 288 g/mol. The van der Waals surface area contributed by atoms with Crippen LogP contribution in [0.4, 0.5) is 13.2 Å². The second-order valence-electron chi connectivity index (χ2n) is 4.95. The summed E-state index contributed by atoms with van der Waals surface area (Å²) < 4.78 is 37.5. The number of fused-ring (bicyclic) bond motifs is 1. The van der Waals surface area contributed by atoms with E-state index >= 15 is 0 Å². The molecule has 0 bridgehead atoms. The van der Waals surface area contributed by atoms with E-state index in [1.165, 1.54) is 12.1 Å². The summed E-state index contributed by atoms with van der Waals surface area (Å²) in [6.07, 6.45) is -2.16. The third-order valence-corrected chi connectivity index (χ3v) is 3.51. The molecule has 0 atom stereocenters. The lowest BCUT2D eigenvalue weighted by Gasteiger charge is -2.06. The van der Waals surface area contributed by atoms with Crippen molar-refractivity contribution in [1.29, 1.82) is 0 Å². The molecule has 0 radical (unpaired) electrons. The molecule has 4 heteroatoms. The highest BCUT2D eigenvalue weighted by atomic mass is 19.4. The van der Waals surface area contributed by atoms with Crippen LogP contribution in [0.3, 0.4) is 0 Å². The van der Waals surface area contributed by atoms with Gasteiger partial charge in [-0.05, 0) is 29.3 Å². The molecule has 0 aliphatic heterocycles. The molecular formula is C17H11F3O. The Bertz CT molecular complexity index is 724. The first-order valence-electron chi connectivity index (χ1n) is 6.45. The summed E-state index contributed by atoms with van der Waals surface area (Å²) in [7, 11) is 0. The molecule has 0 amide bonds. The van der Waals surface area contributed by atoms with E-state index in [9.17, 15) is 18.0 Å². The topological polar surface area (TPSA) is 17.1 Å². The minimum absolute atomic E-state index is 0.0505. The molecule has 0 spiro atoms. The van der Waals surface area contributed by atoms with E-state index in [-0.39, 0.29) is 5.78 Å². The van der Waals surface area contributed by atoms with E-state index in [1.54, 1.807) is 18.2 Å². The Balaban J connectivity index is 1.89. The summed E-state index contributed by atoms with van der Waals surface area (Å²) in [6, 6.07) is 12.1. The molecule has 0 heterocycles. The van der Waals surface area contributed by atoms with Gasteiger partial charge in [0.2, 0.25) is 0 Å². The number of carbonyl (C=O) groups excluding carboxylic acids is 1. The first kappa shape index (κ1) is 13.6. The lowest BCUT2D eigenvalue weighted by Crippen LogP contribution is -2.04. The molecule has 1 aliphatic rings. The molecule has 0 saturated carbocycles. The maximum atomic E-state index is 12.5. The van der Waals surface area contributed by atoms with Gasteiger partial charge in [0.05, 0.1) is 5.56 Å². The summed E-state index contributed by atoms with van der Waals surface area (Å²) in [5.41, 5.74) is 2.15. The summed E-state index contributed by atoms with van der Waals surface area (Å²) in [6.45, 7) is 0. The average Bonchev–Trinajstić information content (AvgIpc) is 2.76. The molecule has 0 fully saturated rings. The maximum Gasteiger partial charge on any atom is 0.416 e. The highest BCUT2D eigenvalue weighted by Gasteiger charge is 2.30. The largest absolute Gasteiger partial charge is 0.416 e. The summed E-state index contributed by atoms with van der Waals surface area (Å²) in [5.74, 6) is -0.0505. The van der Waals surface area contributed by atoms with Crippen molar-refractivity contribution in [3.63, 3.8) is 0 Å². The Kier molecular flexibility index (Phi) is 3.16. The van der Waals surface area contributed by atoms with Crippen LogP contribution in [0.2, 0.25) is 0 Å². The Morgan fingerprint density at radius 1 is 0.952 bits per heavy atom. The van der Waals surface area contributed by atoms with Gasteiger partial charge in [0.15, 0.2) is 5.78 Å². The van der Waals surface area contributed by atoms with Gasteiger partial charge in [0.25, 0.3) is 0 Å². The van der Waals surface area contributed by atoms with Crippen LogP contribution in [-0.2, 0) is 12.6 Å². The molecule has 1 nitrogen and oxygen atoms in total. The summed E-state index contributed by atoms with van der Waals surface area (Å²) >= 11 is 0. The molecule has 0 saturated heterocycles. The van der Waals surface area contributed by atoms with Crippen LogP contribution in [-0.4, -0.2) is 5.78 Å². The number of halogens is 3. The van der Waals surface area contributed by atoms with Gasteiger partial charge in [-0.2, -0.15) is 13.2 Å². The number of rotatable bonds is 1. The first-order chi connectivity index (χ1) is 9.95. The Morgan fingerprint density at radius 2 is 1.62 bits per heavy atom. The fourth-order valence-electron chi connectivity index (χ4n) is 2.44. The Morgan fingerprint density at radius 3 is 2.24 bits per heavy atom. The normalized spacial score (nSPS) is 16.3. The van der Waals surface area contributed by atoms with Gasteiger partial charge >= 0.3 is 6.18 Å². The standard InChI is InChI=1S/C17H11F3O/c18-17(19,20)14-7-5-11(6-8-14)9-13-10-12-3-1-2-4-15(12)16(13)21/h1-9H,10H2. The minimum Gasteiger partial charge on any atom is -0.289 e. The van der Waals surface area contributed by atoms with Crippen molar-refractivity contribution in [1.82, 2.24) is 0 Å². The van der Waals surface area contributed by atoms with Gasteiger partial charge in [-0.25, -0.2) is 0 Å². The lowest BCUT2D eigenvalue weighted by molar-refractivity contribution is -0.137. The molecule has 1 aliphatic carbocycles. The van der Waals surface area contributed by atoms with Crippen molar-refractivity contribution in [2.75, 3.05) is 0 Å². The third-order valence-electron chi connectivity index (χ3n) is 3.51. The van der Waals surface area contributed by atoms with Crippen LogP contribution in [0.1, 0.15) is 27.0 Å². The van der Waals surface area contributed by atoms with E-state index in [1.807, 2.05) is 12.1 Å². The van der Waals surface area contributed by atoms with Crippen LogP contribution in [0, 0.1) is 0 Å². The van der Waals surface area contributed by atoms with Crippen LogP contribution in [0.15, 0.2) is 54.1 Å². The molecule has 2 aromatic rings. The van der Waals surface area contributed by atoms with Gasteiger partial charge in [-0.15, -0.1) is 0 Å². The lowest BCUT2D eigenvalue weighted by atomic mass is 10.1. The Labute approximate surface area is 119 Å². The predicted octanol–water partition coefficient (Wildman–Crippen LogP) is 4.53. The van der Waals surface area contributed by atoms with Gasteiger partial charge in [-0.1, -0.05) is 36.4 Å². The first-order valence-corrected chi connectivity index (χ1v) is 6.45. The number of hydrogen-bond donors (Lipinski definition) is 0. The van der Waals surface area contributed by atoms with Crippen LogP contribution in [0.5, 0.6) is 0 Å². The van der Waals surface area contributed by atoms with Gasteiger partial charge < -0.3 is 0 Å². The number of benzene rings is 2. The SMILES string of the molecule is O=C1C(=Cc2ccc(C(F)(F)F)cc2)Cc2ccccc21. The number of alkyl halides is 3.